The van der Waals surface area contributed by atoms with Crippen molar-refractivity contribution < 1.29 is 14.7 Å². The van der Waals surface area contributed by atoms with E-state index in [0.29, 0.717) is 29.7 Å². The minimum Gasteiger partial charge on any atom is -0.508 e. The van der Waals surface area contributed by atoms with Gasteiger partial charge in [-0.1, -0.05) is 6.08 Å². The van der Waals surface area contributed by atoms with Crippen LogP contribution in [0.5, 0.6) is 5.75 Å². The molecule has 24 heavy (non-hydrogen) atoms. The number of nitrogens with zero attached hydrogens (tertiary/aromatic N) is 1. The summed E-state index contributed by atoms with van der Waals surface area (Å²) in [7, 11) is 2.38. The standard InChI is InChI=1S/C20H24N2O2/c1-3-11-9-22(2)18-8-15-14-6-12(24)4-5-17(14)21-20(15)19(22)7-13(11)16(18)10-23/h3-6,13,16,18-19,21,23H,7-10H2,1-2H3/p+1/b11-3-/t13-,16+,18?,19+,22-/m1/s1. The first-order valence-electron chi connectivity index (χ1n) is 9.01. The van der Waals surface area contributed by atoms with E-state index in [-0.39, 0.29) is 6.61 Å². The fourth-order valence-corrected chi connectivity index (χ4v) is 6.05. The molecule has 4 aliphatic heterocycles. The number of fused-ring (bicyclic) bond motifs is 4. The number of aromatic amines is 1. The molecular weight excluding hydrogens is 300 g/mol. The average molecular weight is 325 g/mol. The Labute approximate surface area is 142 Å². The molecule has 3 saturated heterocycles. The van der Waals surface area contributed by atoms with E-state index in [0.717, 1.165) is 34.8 Å². The minimum atomic E-state index is 0.274. The van der Waals surface area contributed by atoms with Gasteiger partial charge in [-0.2, -0.15) is 0 Å². The van der Waals surface area contributed by atoms with Gasteiger partial charge in [0.05, 0.1) is 25.4 Å². The fraction of sp³-hybridized carbons (Fsp3) is 0.500. The van der Waals surface area contributed by atoms with Crippen LogP contribution >= 0.6 is 0 Å². The number of nitrogens with one attached hydrogen (secondary N) is 1. The molecule has 1 aromatic carbocycles. The fourth-order valence-electron chi connectivity index (χ4n) is 6.05. The summed E-state index contributed by atoms with van der Waals surface area (Å²) in [5.41, 5.74) is 5.39. The third-order valence-electron chi connectivity index (χ3n) is 7.21. The highest BCUT2D eigenvalue weighted by Gasteiger charge is 2.61. The van der Waals surface area contributed by atoms with E-state index >= 15 is 0 Å². The molecule has 3 N–H and O–H groups in total. The Kier molecular flexibility index (Phi) is 2.82. The molecule has 2 aromatic rings. The first-order valence-corrected chi connectivity index (χ1v) is 9.01. The predicted molar refractivity (Wildman–Crippen MR) is 93.7 cm³/mol. The Bertz CT molecular complexity index is 868. The van der Waals surface area contributed by atoms with Crippen LogP contribution in [-0.2, 0) is 6.42 Å². The number of quaternary nitrogens is 1. The maximum atomic E-state index is 10.1. The van der Waals surface area contributed by atoms with Gasteiger partial charge >= 0.3 is 0 Å². The van der Waals surface area contributed by atoms with Crippen molar-refractivity contribution in [2.45, 2.75) is 31.8 Å². The molecule has 1 aromatic heterocycles. The number of aromatic nitrogens is 1. The summed E-state index contributed by atoms with van der Waals surface area (Å²) in [4.78, 5) is 3.67. The van der Waals surface area contributed by atoms with Crippen LogP contribution < -0.4 is 0 Å². The van der Waals surface area contributed by atoms with Crippen molar-refractivity contribution in [2.75, 3.05) is 20.2 Å². The molecule has 126 valence electrons. The number of benzene rings is 1. The lowest BCUT2D eigenvalue weighted by Crippen LogP contribution is -2.70. The number of hydrogen-bond donors (Lipinski definition) is 3. The maximum absolute atomic E-state index is 10.1. The molecule has 4 nitrogen and oxygen atoms in total. The number of hydrogen-bond acceptors (Lipinski definition) is 2. The lowest BCUT2D eigenvalue weighted by molar-refractivity contribution is -0.978. The molecule has 0 aliphatic carbocycles. The van der Waals surface area contributed by atoms with Crippen LogP contribution in [0.2, 0.25) is 0 Å². The summed E-state index contributed by atoms with van der Waals surface area (Å²) < 4.78 is 1.02. The molecule has 4 heteroatoms. The van der Waals surface area contributed by atoms with Crippen LogP contribution in [0, 0.1) is 11.8 Å². The lowest BCUT2D eigenvalue weighted by atomic mass is 9.62. The number of rotatable bonds is 1. The number of H-pyrrole nitrogens is 1. The van der Waals surface area contributed by atoms with Crippen molar-refractivity contribution in [3.05, 3.63) is 41.1 Å². The number of aliphatic hydroxyl groups excluding tert-OH is 1. The van der Waals surface area contributed by atoms with Gasteiger partial charge in [0.1, 0.15) is 18.3 Å². The number of allylic oxidation sites excluding steroid dienone is 1. The van der Waals surface area contributed by atoms with Gasteiger partial charge in [-0.05, 0) is 36.3 Å². The molecule has 4 aliphatic rings. The second-order valence-corrected chi connectivity index (χ2v) is 8.09. The molecule has 1 unspecified atom stereocenters. The van der Waals surface area contributed by atoms with E-state index in [4.69, 9.17) is 0 Å². The molecular formula is C20H25N2O2+. The smallest absolute Gasteiger partial charge is 0.131 e. The van der Waals surface area contributed by atoms with E-state index in [9.17, 15) is 10.2 Å². The van der Waals surface area contributed by atoms with Crippen molar-refractivity contribution in [3.8, 4) is 5.75 Å². The Hall–Kier alpha value is -1.78. The zero-order valence-corrected chi connectivity index (χ0v) is 14.3. The SMILES string of the molecule is C/C=C1/C[N@+]2(C)C3Cc4c([nH]c5ccc(O)cc45)[C@@H]2C[C@H]1[C@@H]3CO. The Morgan fingerprint density at radius 3 is 2.96 bits per heavy atom. The van der Waals surface area contributed by atoms with E-state index in [1.54, 1.807) is 6.07 Å². The van der Waals surface area contributed by atoms with Crippen molar-refractivity contribution in [1.82, 2.24) is 4.98 Å². The van der Waals surface area contributed by atoms with Crippen LogP contribution in [0.15, 0.2) is 29.8 Å². The molecule has 0 amide bonds. The van der Waals surface area contributed by atoms with Crippen LogP contribution in [0.25, 0.3) is 10.9 Å². The molecule has 4 bridgehead atoms. The number of phenolic OH excluding ortho intramolecular Hbond substituents is 1. The summed E-state index contributed by atoms with van der Waals surface area (Å²) in [5, 5.41) is 21.2. The molecule has 0 saturated carbocycles. The van der Waals surface area contributed by atoms with Crippen LogP contribution in [-0.4, -0.2) is 45.9 Å². The maximum Gasteiger partial charge on any atom is 0.131 e. The number of aromatic hydroxyl groups is 1. The Morgan fingerprint density at radius 2 is 2.21 bits per heavy atom. The first-order chi connectivity index (χ1) is 11.6. The highest BCUT2D eigenvalue weighted by Crippen LogP contribution is 2.57. The topological polar surface area (TPSA) is 56.2 Å². The largest absolute Gasteiger partial charge is 0.508 e. The molecule has 5 heterocycles. The van der Waals surface area contributed by atoms with E-state index in [1.807, 2.05) is 12.1 Å². The molecule has 5 atom stereocenters. The number of phenols is 1. The van der Waals surface area contributed by atoms with Crippen molar-refractivity contribution >= 4 is 10.9 Å². The molecule has 6 rings (SSSR count). The van der Waals surface area contributed by atoms with E-state index in [1.165, 1.54) is 16.8 Å². The minimum absolute atomic E-state index is 0.274. The summed E-state index contributed by atoms with van der Waals surface area (Å²) in [6.07, 6.45) is 4.39. The van der Waals surface area contributed by atoms with Gasteiger partial charge in [-0.25, -0.2) is 0 Å². The third-order valence-corrected chi connectivity index (χ3v) is 7.21. The number of likely N-dealkylation sites (N-methyl/N-ethyl adjacent to an activating group) is 1. The van der Waals surface area contributed by atoms with Crippen LogP contribution in [0.3, 0.4) is 0 Å². The number of aliphatic hydroxyl groups is 1. The molecule has 0 spiro atoms. The zero-order valence-electron chi connectivity index (χ0n) is 14.3. The lowest BCUT2D eigenvalue weighted by Gasteiger charge is -2.62. The van der Waals surface area contributed by atoms with Gasteiger partial charge in [-0.3, -0.25) is 0 Å². The van der Waals surface area contributed by atoms with Gasteiger partial charge in [-0.15, -0.1) is 0 Å². The van der Waals surface area contributed by atoms with Gasteiger partial charge < -0.3 is 19.7 Å². The summed E-state index contributed by atoms with van der Waals surface area (Å²) >= 11 is 0. The first kappa shape index (κ1) is 14.6. The van der Waals surface area contributed by atoms with E-state index in [2.05, 4.69) is 25.0 Å². The van der Waals surface area contributed by atoms with Crippen LogP contribution in [0.4, 0.5) is 0 Å². The third kappa shape index (κ3) is 1.60. The average Bonchev–Trinajstić information content (AvgIpc) is 2.91. The Morgan fingerprint density at radius 1 is 1.38 bits per heavy atom. The second kappa shape index (κ2) is 4.64. The predicted octanol–water partition coefficient (Wildman–Crippen LogP) is 2.87. The normalized spacial score (nSPS) is 38.7. The van der Waals surface area contributed by atoms with Crippen LogP contribution in [0.1, 0.15) is 30.6 Å². The van der Waals surface area contributed by atoms with Gasteiger partial charge in [0, 0.05) is 35.6 Å². The van der Waals surface area contributed by atoms with Gasteiger partial charge in [0.15, 0.2) is 0 Å². The van der Waals surface area contributed by atoms with Gasteiger partial charge in [0.2, 0.25) is 0 Å². The summed E-state index contributed by atoms with van der Waals surface area (Å²) in [6.45, 7) is 3.52. The highest BCUT2D eigenvalue weighted by molar-refractivity contribution is 5.86. The Balaban J connectivity index is 1.73. The van der Waals surface area contributed by atoms with Gasteiger partial charge in [0.25, 0.3) is 0 Å². The van der Waals surface area contributed by atoms with E-state index < -0.39 is 0 Å². The zero-order chi connectivity index (χ0) is 16.6. The van der Waals surface area contributed by atoms with Crippen molar-refractivity contribution in [2.24, 2.45) is 11.8 Å². The summed E-state index contributed by atoms with van der Waals surface area (Å²) in [6, 6.07) is 6.58. The number of piperidine rings is 3. The highest BCUT2D eigenvalue weighted by atomic mass is 16.3. The monoisotopic (exact) mass is 325 g/mol. The molecule has 0 radical (unpaired) electrons. The molecule has 3 fully saturated rings. The second-order valence-electron chi connectivity index (χ2n) is 8.09. The van der Waals surface area contributed by atoms with Crippen molar-refractivity contribution in [3.63, 3.8) is 0 Å². The quantitative estimate of drug-likeness (QED) is 0.558. The summed E-state index contributed by atoms with van der Waals surface area (Å²) in [5.74, 6) is 1.20. The van der Waals surface area contributed by atoms with Crippen molar-refractivity contribution in [1.29, 1.82) is 0 Å².